The monoisotopic (exact) mass is 331 g/mol. The third-order valence-corrected chi connectivity index (χ3v) is 5.01. The van der Waals surface area contributed by atoms with Crippen LogP contribution in [0, 0.1) is 6.92 Å². The summed E-state index contributed by atoms with van der Waals surface area (Å²) in [5.41, 5.74) is 2.74. The summed E-state index contributed by atoms with van der Waals surface area (Å²) in [5.74, 6) is 0.502. The number of carbonyl (C=O) groups excluding carboxylic acids is 1. The minimum atomic E-state index is 0.0809. The Morgan fingerprint density at radius 2 is 1.76 bits per heavy atom. The summed E-state index contributed by atoms with van der Waals surface area (Å²) in [6.45, 7) is 3.47. The molecule has 0 radical (unpaired) electrons. The van der Waals surface area contributed by atoms with E-state index in [9.17, 15) is 4.79 Å². The highest BCUT2D eigenvalue weighted by molar-refractivity contribution is 5.94. The molecule has 1 fully saturated rings. The Kier molecular flexibility index (Phi) is 4.18. The summed E-state index contributed by atoms with van der Waals surface area (Å²) in [5, 5.41) is 2.41. The van der Waals surface area contributed by atoms with E-state index in [0.29, 0.717) is 11.5 Å². The first kappa shape index (κ1) is 15.8. The van der Waals surface area contributed by atoms with Gasteiger partial charge in [0.1, 0.15) is 0 Å². The first-order valence-corrected chi connectivity index (χ1v) is 8.77. The lowest BCUT2D eigenvalue weighted by atomic mass is 9.92. The Hall–Kier alpha value is -2.75. The van der Waals surface area contributed by atoms with Crippen molar-refractivity contribution in [1.82, 2.24) is 14.9 Å². The van der Waals surface area contributed by atoms with E-state index in [4.69, 9.17) is 0 Å². The highest BCUT2D eigenvalue weighted by Crippen LogP contribution is 2.29. The first-order valence-electron chi connectivity index (χ1n) is 8.77. The van der Waals surface area contributed by atoms with E-state index in [1.165, 1.54) is 10.8 Å². The highest BCUT2D eigenvalue weighted by Gasteiger charge is 2.25. The molecular weight excluding hydrogens is 310 g/mol. The molecule has 1 aliphatic heterocycles. The van der Waals surface area contributed by atoms with Crippen LogP contribution in [0.1, 0.15) is 40.5 Å². The van der Waals surface area contributed by atoms with Crippen LogP contribution in [-0.4, -0.2) is 33.9 Å². The van der Waals surface area contributed by atoms with Gasteiger partial charge in [0.15, 0.2) is 0 Å². The van der Waals surface area contributed by atoms with Gasteiger partial charge in [-0.2, -0.15) is 0 Å². The summed E-state index contributed by atoms with van der Waals surface area (Å²) in [7, 11) is 0. The van der Waals surface area contributed by atoms with Crippen molar-refractivity contribution in [3.63, 3.8) is 0 Å². The summed E-state index contributed by atoms with van der Waals surface area (Å²) in [4.78, 5) is 23.4. The van der Waals surface area contributed by atoms with Gasteiger partial charge in [-0.15, -0.1) is 0 Å². The van der Waals surface area contributed by atoms with Gasteiger partial charge < -0.3 is 4.90 Å². The Balaban J connectivity index is 1.45. The van der Waals surface area contributed by atoms with Gasteiger partial charge in [0, 0.05) is 48.2 Å². The van der Waals surface area contributed by atoms with Gasteiger partial charge in [0.25, 0.3) is 5.91 Å². The number of hydrogen-bond acceptors (Lipinski definition) is 3. The number of benzene rings is 1. The zero-order valence-electron chi connectivity index (χ0n) is 14.4. The van der Waals surface area contributed by atoms with E-state index < -0.39 is 0 Å². The number of carbonyl (C=O) groups is 1. The molecule has 0 N–H and O–H groups in total. The molecule has 0 atom stereocenters. The SMILES string of the molecule is Cc1ccc(C(=O)N2CCC(c3cc4ccccc4cn3)CC2)cn1. The number of amides is 1. The molecule has 0 saturated carbocycles. The average molecular weight is 331 g/mol. The molecule has 3 heterocycles. The van der Waals surface area contributed by atoms with Gasteiger partial charge in [0.05, 0.1) is 5.56 Å². The second-order valence-electron chi connectivity index (χ2n) is 6.71. The van der Waals surface area contributed by atoms with E-state index in [-0.39, 0.29) is 5.91 Å². The maximum Gasteiger partial charge on any atom is 0.255 e. The van der Waals surface area contributed by atoms with Crippen LogP contribution in [0.2, 0.25) is 0 Å². The van der Waals surface area contributed by atoms with Gasteiger partial charge in [-0.3, -0.25) is 14.8 Å². The molecular formula is C21H21N3O. The highest BCUT2D eigenvalue weighted by atomic mass is 16.2. The lowest BCUT2D eigenvalue weighted by Gasteiger charge is -2.31. The van der Waals surface area contributed by atoms with Gasteiger partial charge in [-0.05, 0) is 43.4 Å². The van der Waals surface area contributed by atoms with E-state index >= 15 is 0 Å². The standard InChI is InChI=1S/C21H21N3O/c1-15-6-7-19(14-22-15)21(25)24-10-8-16(9-11-24)20-12-17-4-2-3-5-18(17)13-23-20/h2-7,12-14,16H,8-11H2,1H3. The molecule has 1 aliphatic rings. The molecule has 126 valence electrons. The van der Waals surface area contributed by atoms with E-state index in [0.717, 1.165) is 37.3 Å². The third-order valence-electron chi connectivity index (χ3n) is 5.01. The Bertz CT molecular complexity index is 896. The van der Waals surface area contributed by atoms with Crippen LogP contribution in [0.25, 0.3) is 10.8 Å². The lowest BCUT2D eigenvalue weighted by Crippen LogP contribution is -2.38. The van der Waals surface area contributed by atoms with Crippen molar-refractivity contribution in [1.29, 1.82) is 0 Å². The van der Waals surface area contributed by atoms with Crippen molar-refractivity contribution >= 4 is 16.7 Å². The summed E-state index contributed by atoms with van der Waals surface area (Å²) < 4.78 is 0. The van der Waals surface area contributed by atoms with E-state index in [2.05, 4.69) is 34.2 Å². The number of piperidine rings is 1. The van der Waals surface area contributed by atoms with Crippen LogP contribution in [-0.2, 0) is 0 Å². The predicted molar refractivity (Wildman–Crippen MR) is 98.6 cm³/mol. The summed E-state index contributed by atoms with van der Waals surface area (Å²) in [6, 6.07) is 14.3. The average Bonchev–Trinajstić information content (AvgIpc) is 2.68. The summed E-state index contributed by atoms with van der Waals surface area (Å²) >= 11 is 0. The van der Waals surface area contributed by atoms with Crippen LogP contribution in [0.4, 0.5) is 0 Å². The Labute approximate surface area is 147 Å². The summed E-state index contributed by atoms with van der Waals surface area (Å²) in [6.07, 6.45) is 5.54. The predicted octanol–water partition coefficient (Wildman–Crippen LogP) is 3.96. The minimum absolute atomic E-state index is 0.0809. The van der Waals surface area contributed by atoms with E-state index in [1.54, 1.807) is 6.20 Å². The van der Waals surface area contributed by atoms with Crippen LogP contribution in [0.5, 0.6) is 0 Å². The number of pyridine rings is 2. The number of aryl methyl sites for hydroxylation is 1. The molecule has 0 aliphatic carbocycles. The lowest BCUT2D eigenvalue weighted by molar-refractivity contribution is 0.0711. The molecule has 0 unspecified atom stereocenters. The Morgan fingerprint density at radius 1 is 1.00 bits per heavy atom. The topological polar surface area (TPSA) is 46.1 Å². The molecule has 1 amide bonds. The molecule has 3 aromatic rings. The molecule has 2 aromatic heterocycles. The van der Waals surface area contributed by atoms with Gasteiger partial charge in [-0.1, -0.05) is 24.3 Å². The minimum Gasteiger partial charge on any atom is -0.339 e. The van der Waals surface area contributed by atoms with Crippen LogP contribution in [0.15, 0.2) is 54.9 Å². The second-order valence-corrected chi connectivity index (χ2v) is 6.71. The maximum atomic E-state index is 12.6. The fourth-order valence-corrected chi connectivity index (χ4v) is 3.48. The fraction of sp³-hybridized carbons (Fsp3) is 0.286. The number of rotatable bonds is 2. The van der Waals surface area contributed by atoms with E-state index in [1.807, 2.05) is 36.2 Å². The van der Waals surface area contributed by atoms with Gasteiger partial charge in [-0.25, -0.2) is 0 Å². The third kappa shape index (κ3) is 3.25. The van der Waals surface area contributed by atoms with Crippen molar-refractivity contribution in [2.75, 3.05) is 13.1 Å². The smallest absolute Gasteiger partial charge is 0.255 e. The molecule has 4 rings (SSSR count). The van der Waals surface area contributed by atoms with Crippen LogP contribution >= 0.6 is 0 Å². The number of likely N-dealkylation sites (tertiary alicyclic amines) is 1. The van der Waals surface area contributed by atoms with Crippen molar-refractivity contribution in [2.24, 2.45) is 0 Å². The first-order chi connectivity index (χ1) is 12.2. The molecule has 0 bridgehead atoms. The van der Waals surface area contributed by atoms with Crippen molar-refractivity contribution < 1.29 is 4.79 Å². The number of nitrogens with zero attached hydrogens (tertiary/aromatic N) is 3. The van der Waals surface area contributed by atoms with Crippen molar-refractivity contribution in [3.8, 4) is 0 Å². The fourth-order valence-electron chi connectivity index (χ4n) is 3.48. The normalized spacial score (nSPS) is 15.5. The van der Waals surface area contributed by atoms with Crippen LogP contribution < -0.4 is 0 Å². The van der Waals surface area contributed by atoms with Crippen LogP contribution in [0.3, 0.4) is 0 Å². The van der Waals surface area contributed by atoms with Crippen molar-refractivity contribution in [2.45, 2.75) is 25.7 Å². The Morgan fingerprint density at radius 3 is 2.48 bits per heavy atom. The largest absolute Gasteiger partial charge is 0.339 e. The van der Waals surface area contributed by atoms with Crippen molar-refractivity contribution in [3.05, 3.63) is 71.8 Å². The second kappa shape index (κ2) is 6.63. The molecule has 4 heteroatoms. The zero-order valence-corrected chi connectivity index (χ0v) is 14.4. The molecule has 25 heavy (non-hydrogen) atoms. The molecule has 4 nitrogen and oxygen atoms in total. The zero-order chi connectivity index (χ0) is 17.2. The van der Waals surface area contributed by atoms with Gasteiger partial charge in [0.2, 0.25) is 0 Å². The maximum absolute atomic E-state index is 12.6. The molecule has 1 saturated heterocycles. The van der Waals surface area contributed by atoms with Gasteiger partial charge >= 0.3 is 0 Å². The number of fused-ring (bicyclic) bond motifs is 1. The quantitative estimate of drug-likeness (QED) is 0.714. The number of aromatic nitrogens is 2. The molecule has 1 aromatic carbocycles. The molecule has 0 spiro atoms. The number of hydrogen-bond donors (Lipinski definition) is 0.